The molecule has 1 aromatic rings. The number of halogens is 1. The van der Waals surface area contributed by atoms with Crippen molar-refractivity contribution in [2.45, 2.75) is 18.9 Å². The predicted molar refractivity (Wildman–Crippen MR) is 66.4 cm³/mol. The normalized spacial score (nSPS) is 16.7. The molecule has 0 radical (unpaired) electrons. The quantitative estimate of drug-likeness (QED) is 0.812. The highest BCUT2D eigenvalue weighted by molar-refractivity contribution is 6.28. The van der Waals surface area contributed by atoms with Crippen molar-refractivity contribution in [3.63, 3.8) is 0 Å². The van der Waals surface area contributed by atoms with Crippen LogP contribution in [0.4, 0.5) is 11.9 Å². The fourth-order valence-electron chi connectivity index (χ4n) is 1.46. The van der Waals surface area contributed by atoms with Crippen LogP contribution in [0, 0.1) is 5.92 Å². The maximum Gasteiger partial charge on any atom is 0.230 e. The van der Waals surface area contributed by atoms with E-state index in [0.717, 1.165) is 12.8 Å². The number of nitrogens with one attached hydrogen (secondary N) is 1. The van der Waals surface area contributed by atoms with E-state index in [1.54, 1.807) is 4.90 Å². The first-order valence-corrected chi connectivity index (χ1v) is 5.95. The molecule has 2 rings (SSSR count). The van der Waals surface area contributed by atoms with Crippen molar-refractivity contribution in [1.29, 1.82) is 0 Å². The molecule has 94 valence electrons. The van der Waals surface area contributed by atoms with E-state index in [-0.39, 0.29) is 11.4 Å². The molecule has 1 aliphatic carbocycles. The van der Waals surface area contributed by atoms with Gasteiger partial charge in [0, 0.05) is 20.6 Å². The summed E-state index contributed by atoms with van der Waals surface area (Å²) in [4.78, 5) is 13.9. The van der Waals surface area contributed by atoms with Gasteiger partial charge in [-0.15, -0.1) is 0 Å². The zero-order valence-corrected chi connectivity index (χ0v) is 10.6. The lowest BCUT2D eigenvalue weighted by molar-refractivity contribution is 0.164. The number of rotatable bonds is 5. The van der Waals surface area contributed by atoms with Crippen molar-refractivity contribution < 1.29 is 5.11 Å². The number of aliphatic hydroxyl groups is 1. The Morgan fingerprint density at radius 1 is 1.41 bits per heavy atom. The summed E-state index contributed by atoms with van der Waals surface area (Å²) in [6.45, 7) is 0.442. The number of aliphatic hydroxyl groups excluding tert-OH is 1. The Morgan fingerprint density at radius 2 is 2.12 bits per heavy atom. The minimum absolute atomic E-state index is 0.145. The van der Waals surface area contributed by atoms with Gasteiger partial charge in [-0.3, -0.25) is 0 Å². The predicted octanol–water partition coefficient (Wildman–Crippen LogP) is 0.774. The standard InChI is InChI=1S/C10H16ClN5O/c1-16(2)10-14-8(11)13-9(15-10)12-5-7(17)6-3-4-6/h6-7,17H,3-5H2,1-2H3,(H,12,13,14,15). The van der Waals surface area contributed by atoms with Crippen LogP contribution in [0.5, 0.6) is 0 Å². The fraction of sp³-hybridized carbons (Fsp3) is 0.700. The van der Waals surface area contributed by atoms with Gasteiger partial charge in [0.05, 0.1) is 6.10 Å². The Balaban J connectivity index is 1.99. The van der Waals surface area contributed by atoms with Crippen LogP contribution in [-0.4, -0.2) is 46.8 Å². The lowest BCUT2D eigenvalue weighted by atomic mass is 10.2. The average Bonchev–Trinajstić information content (AvgIpc) is 3.08. The van der Waals surface area contributed by atoms with E-state index < -0.39 is 0 Å². The van der Waals surface area contributed by atoms with Crippen LogP contribution in [0.15, 0.2) is 0 Å². The summed E-state index contributed by atoms with van der Waals surface area (Å²) in [6.07, 6.45) is 1.86. The third-order valence-electron chi connectivity index (χ3n) is 2.63. The van der Waals surface area contributed by atoms with Crippen molar-refractivity contribution in [3.8, 4) is 0 Å². The fourth-order valence-corrected chi connectivity index (χ4v) is 1.62. The molecule has 7 heteroatoms. The van der Waals surface area contributed by atoms with E-state index in [9.17, 15) is 5.11 Å². The maximum absolute atomic E-state index is 9.72. The van der Waals surface area contributed by atoms with Gasteiger partial charge in [-0.25, -0.2) is 0 Å². The van der Waals surface area contributed by atoms with Gasteiger partial charge in [0.15, 0.2) is 0 Å². The van der Waals surface area contributed by atoms with Crippen molar-refractivity contribution in [2.24, 2.45) is 5.92 Å². The summed E-state index contributed by atoms with van der Waals surface area (Å²) < 4.78 is 0. The summed E-state index contributed by atoms with van der Waals surface area (Å²) in [5.41, 5.74) is 0. The van der Waals surface area contributed by atoms with Crippen LogP contribution < -0.4 is 10.2 Å². The van der Waals surface area contributed by atoms with Crippen LogP contribution >= 0.6 is 11.6 Å². The monoisotopic (exact) mass is 257 g/mol. The molecule has 1 atom stereocenters. The zero-order chi connectivity index (χ0) is 12.4. The molecule has 0 bridgehead atoms. The first-order chi connectivity index (χ1) is 8.06. The highest BCUT2D eigenvalue weighted by Gasteiger charge is 2.29. The summed E-state index contributed by atoms with van der Waals surface area (Å²) >= 11 is 5.79. The smallest absolute Gasteiger partial charge is 0.230 e. The van der Waals surface area contributed by atoms with Crippen LogP contribution in [-0.2, 0) is 0 Å². The largest absolute Gasteiger partial charge is 0.391 e. The van der Waals surface area contributed by atoms with Gasteiger partial charge in [-0.1, -0.05) is 0 Å². The van der Waals surface area contributed by atoms with Gasteiger partial charge in [0.2, 0.25) is 17.2 Å². The van der Waals surface area contributed by atoms with Crippen molar-refractivity contribution in [3.05, 3.63) is 5.28 Å². The number of hydrogen-bond acceptors (Lipinski definition) is 6. The average molecular weight is 258 g/mol. The highest BCUT2D eigenvalue weighted by atomic mass is 35.5. The molecule has 0 aromatic carbocycles. The molecule has 2 N–H and O–H groups in total. The van der Waals surface area contributed by atoms with Crippen LogP contribution in [0.3, 0.4) is 0 Å². The van der Waals surface area contributed by atoms with Crippen molar-refractivity contribution in [1.82, 2.24) is 15.0 Å². The first kappa shape index (κ1) is 12.3. The molecule has 0 amide bonds. The van der Waals surface area contributed by atoms with E-state index in [4.69, 9.17) is 11.6 Å². The minimum atomic E-state index is -0.339. The van der Waals surface area contributed by atoms with Gasteiger partial charge >= 0.3 is 0 Å². The Kier molecular flexibility index (Phi) is 3.63. The molecule has 1 saturated carbocycles. The molecule has 1 aromatic heterocycles. The maximum atomic E-state index is 9.72. The summed E-state index contributed by atoms with van der Waals surface area (Å²) in [6, 6.07) is 0. The number of anilines is 2. The lowest BCUT2D eigenvalue weighted by Gasteiger charge is -2.13. The molecule has 0 aliphatic heterocycles. The van der Waals surface area contributed by atoms with Crippen LogP contribution in [0.25, 0.3) is 0 Å². The summed E-state index contributed by atoms with van der Waals surface area (Å²) in [7, 11) is 3.66. The molecule has 1 fully saturated rings. The zero-order valence-electron chi connectivity index (χ0n) is 9.89. The Labute approximate surface area is 105 Å². The van der Waals surface area contributed by atoms with Crippen LogP contribution in [0.1, 0.15) is 12.8 Å². The third-order valence-corrected chi connectivity index (χ3v) is 2.80. The molecular weight excluding hydrogens is 242 g/mol. The number of nitrogens with zero attached hydrogens (tertiary/aromatic N) is 4. The van der Waals surface area contributed by atoms with E-state index in [0.29, 0.717) is 24.4 Å². The summed E-state index contributed by atoms with van der Waals surface area (Å²) in [5.74, 6) is 1.31. The molecule has 0 saturated heterocycles. The first-order valence-electron chi connectivity index (χ1n) is 5.57. The van der Waals surface area contributed by atoms with Crippen molar-refractivity contribution in [2.75, 3.05) is 30.9 Å². The second kappa shape index (κ2) is 5.01. The molecular formula is C10H16ClN5O. The SMILES string of the molecule is CN(C)c1nc(Cl)nc(NCC(O)C2CC2)n1. The third kappa shape index (κ3) is 3.41. The Hall–Kier alpha value is -1.14. The van der Waals surface area contributed by atoms with E-state index >= 15 is 0 Å². The summed E-state index contributed by atoms with van der Waals surface area (Å²) in [5, 5.41) is 12.8. The second-order valence-corrected chi connectivity index (χ2v) is 4.75. The van der Waals surface area contributed by atoms with Gasteiger partial charge in [-0.2, -0.15) is 15.0 Å². The van der Waals surface area contributed by atoms with Gasteiger partial charge in [0.1, 0.15) is 0 Å². The Morgan fingerprint density at radius 3 is 2.71 bits per heavy atom. The lowest BCUT2D eigenvalue weighted by Crippen LogP contribution is -2.23. The molecule has 17 heavy (non-hydrogen) atoms. The van der Waals surface area contributed by atoms with Gasteiger partial charge in [-0.05, 0) is 30.4 Å². The van der Waals surface area contributed by atoms with Crippen LogP contribution in [0.2, 0.25) is 5.28 Å². The molecule has 1 aliphatic rings. The highest BCUT2D eigenvalue weighted by Crippen LogP contribution is 2.32. The van der Waals surface area contributed by atoms with E-state index in [1.165, 1.54) is 0 Å². The molecule has 6 nitrogen and oxygen atoms in total. The molecule has 1 heterocycles. The number of aromatic nitrogens is 3. The van der Waals surface area contributed by atoms with Crippen molar-refractivity contribution >= 4 is 23.5 Å². The second-order valence-electron chi connectivity index (χ2n) is 4.41. The Bertz CT molecular complexity index is 396. The van der Waals surface area contributed by atoms with Gasteiger partial charge in [0.25, 0.3) is 0 Å². The van der Waals surface area contributed by atoms with E-state index in [2.05, 4.69) is 20.3 Å². The number of hydrogen-bond donors (Lipinski definition) is 2. The van der Waals surface area contributed by atoms with Gasteiger partial charge < -0.3 is 15.3 Å². The minimum Gasteiger partial charge on any atom is -0.391 e. The molecule has 1 unspecified atom stereocenters. The molecule has 0 spiro atoms. The van der Waals surface area contributed by atoms with E-state index in [1.807, 2.05) is 14.1 Å². The topological polar surface area (TPSA) is 74.2 Å².